The number of thiophene rings is 2. The van der Waals surface area contributed by atoms with Gasteiger partial charge in [0.15, 0.2) is 6.29 Å². The van der Waals surface area contributed by atoms with Crippen LogP contribution in [-0.2, 0) is 0 Å². The van der Waals surface area contributed by atoms with Crippen molar-refractivity contribution >= 4 is 29.0 Å². The Morgan fingerprint density at radius 1 is 0.833 bits per heavy atom. The minimum Gasteiger partial charge on any atom is -0.297 e. The standard InChI is InChI=1S/C15H10OS2/c16-10-13-7-8-15(18-13)12-5-3-11(4-6-12)14-2-1-9-17-14/h1-10H. The topological polar surface area (TPSA) is 17.1 Å². The highest BCUT2D eigenvalue weighted by molar-refractivity contribution is 7.17. The van der Waals surface area contributed by atoms with Gasteiger partial charge in [0, 0.05) is 9.75 Å². The van der Waals surface area contributed by atoms with Gasteiger partial charge in [0.2, 0.25) is 0 Å². The molecule has 3 aromatic rings. The predicted octanol–water partition coefficient (Wildman–Crippen LogP) is 4.96. The Bertz CT molecular complexity index is 648. The van der Waals surface area contributed by atoms with E-state index >= 15 is 0 Å². The fraction of sp³-hybridized carbons (Fsp3) is 0. The summed E-state index contributed by atoms with van der Waals surface area (Å²) in [7, 11) is 0. The Morgan fingerprint density at radius 3 is 2.11 bits per heavy atom. The van der Waals surface area contributed by atoms with Gasteiger partial charge >= 0.3 is 0 Å². The van der Waals surface area contributed by atoms with E-state index in [-0.39, 0.29) is 0 Å². The van der Waals surface area contributed by atoms with E-state index in [0.29, 0.717) is 0 Å². The van der Waals surface area contributed by atoms with Crippen LogP contribution in [0.2, 0.25) is 0 Å². The molecule has 18 heavy (non-hydrogen) atoms. The lowest BCUT2D eigenvalue weighted by Crippen LogP contribution is -1.74. The summed E-state index contributed by atoms with van der Waals surface area (Å²) >= 11 is 3.27. The molecule has 0 N–H and O–H groups in total. The number of aldehydes is 1. The van der Waals surface area contributed by atoms with E-state index in [1.165, 1.54) is 21.8 Å². The third-order valence-electron chi connectivity index (χ3n) is 2.72. The SMILES string of the molecule is O=Cc1ccc(-c2ccc(-c3cccs3)cc2)s1. The van der Waals surface area contributed by atoms with Crippen LogP contribution in [0.25, 0.3) is 20.9 Å². The van der Waals surface area contributed by atoms with Gasteiger partial charge in [-0.3, -0.25) is 4.79 Å². The van der Waals surface area contributed by atoms with E-state index in [0.717, 1.165) is 21.6 Å². The Morgan fingerprint density at radius 2 is 1.56 bits per heavy atom. The number of carbonyl (C=O) groups excluding carboxylic acids is 1. The molecule has 0 aliphatic carbocycles. The van der Waals surface area contributed by atoms with E-state index in [1.807, 2.05) is 12.1 Å². The summed E-state index contributed by atoms with van der Waals surface area (Å²) < 4.78 is 0. The summed E-state index contributed by atoms with van der Waals surface area (Å²) in [5, 5.41) is 2.08. The molecule has 0 amide bonds. The number of benzene rings is 1. The van der Waals surface area contributed by atoms with Crippen molar-refractivity contribution in [2.24, 2.45) is 0 Å². The van der Waals surface area contributed by atoms with Crippen LogP contribution in [-0.4, -0.2) is 6.29 Å². The Labute approximate surface area is 113 Å². The van der Waals surface area contributed by atoms with Crippen LogP contribution in [0.15, 0.2) is 53.9 Å². The molecule has 0 unspecified atom stereocenters. The predicted molar refractivity (Wildman–Crippen MR) is 78.5 cm³/mol. The van der Waals surface area contributed by atoms with Crippen LogP contribution in [0.4, 0.5) is 0 Å². The van der Waals surface area contributed by atoms with Crippen molar-refractivity contribution in [1.82, 2.24) is 0 Å². The molecule has 0 fully saturated rings. The molecule has 3 heteroatoms. The first kappa shape index (κ1) is 11.4. The quantitative estimate of drug-likeness (QED) is 0.615. The molecule has 0 saturated heterocycles. The first-order chi connectivity index (χ1) is 8.86. The van der Waals surface area contributed by atoms with Crippen molar-refractivity contribution in [3.05, 3.63) is 58.8 Å². The van der Waals surface area contributed by atoms with E-state index in [1.54, 1.807) is 11.3 Å². The molecule has 0 bridgehead atoms. The smallest absolute Gasteiger partial charge is 0.160 e. The molecule has 0 aliphatic heterocycles. The molecular weight excluding hydrogens is 260 g/mol. The van der Waals surface area contributed by atoms with Gasteiger partial charge in [-0.2, -0.15) is 0 Å². The first-order valence-corrected chi connectivity index (χ1v) is 7.26. The summed E-state index contributed by atoms with van der Waals surface area (Å²) in [4.78, 5) is 13.9. The van der Waals surface area contributed by atoms with Crippen molar-refractivity contribution in [3.63, 3.8) is 0 Å². The van der Waals surface area contributed by atoms with Crippen LogP contribution in [0.5, 0.6) is 0 Å². The highest BCUT2D eigenvalue weighted by atomic mass is 32.1. The van der Waals surface area contributed by atoms with Gasteiger partial charge < -0.3 is 0 Å². The monoisotopic (exact) mass is 270 g/mol. The van der Waals surface area contributed by atoms with Crippen molar-refractivity contribution in [3.8, 4) is 20.9 Å². The number of rotatable bonds is 3. The molecule has 0 atom stereocenters. The van der Waals surface area contributed by atoms with Gasteiger partial charge in [-0.1, -0.05) is 30.3 Å². The maximum Gasteiger partial charge on any atom is 0.160 e. The van der Waals surface area contributed by atoms with E-state index in [4.69, 9.17) is 0 Å². The van der Waals surface area contributed by atoms with Crippen LogP contribution in [0, 0.1) is 0 Å². The van der Waals surface area contributed by atoms with Gasteiger partial charge in [-0.15, -0.1) is 22.7 Å². The van der Waals surface area contributed by atoms with Gasteiger partial charge in [-0.05, 0) is 34.7 Å². The summed E-state index contributed by atoms with van der Waals surface area (Å²) in [5.74, 6) is 0. The number of carbonyl (C=O) groups is 1. The lowest BCUT2D eigenvalue weighted by Gasteiger charge is -2.00. The maximum atomic E-state index is 10.7. The molecule has 2 aromatic heterocycles. The van der Waals surface area contributed by atoms with Crippen molar-refractivity contribution in [2.75, 3.05) is 0 Å². The summed E-state index contributed by atoms with van der Waals surface area (Å²) in [6.45, 7) is 0. The largest absolute Gasteiger partial charge is 0.297 e. The molecule has 0 radical (unpaired) electrons. The van der Waals surface area contributed by atoms with E-state index in [9.17, 15) is 4.79 Å². The zero-order chi connectivity index (χ0) is 12.4. The first-order valence-electron chi connectivity index (χ1n) is 5.56. The van der Waals surface area contributed by atoms with Crippen LogP contribution in [0.1, 0.15) is 9.67 Å². The highest BCUT2D eigenvalue weighted by Gasteiger charge is 2.03. The fourth-order valence-corrected chi connectivity index (χ4v) is 3.37. The van der Waals surface area contributed by atoms with Gasteiger partial charge in [0.25, 0.3) is 0 Å². The third-order valence-corrected chi connectivity index (χ3v) is 4.70. The minimum absolute atomic E-state index is 0.771. The number of hydrogen-bond donors (Lipinski definition) is 0. The van der Waals surface area contributed by atoms with Gasteiger partial charge in [0.1, 0.15) is 0 Å². The van der Waals surface area contributed by atoms with E-state index < -0.39 is 0 Å². The molecule has 3 rings (SSSR count). The average molecular weight is 270 g/mol. The van der Waals surface area contributed by atoms with E-state index in [2.05, 4.69) is 41.8 Å². The summed E-state index contributed by atoms with van der Waals surface area (Å²) in [6.07, 6.45) is 0.897. The molecule has 0 aliphatic rings. The molecule has 1 aromatic carbocycles. The van der Waals surface area contributed by atoms with Crippen LogP contribution >= 0.6 is 22.7 Å². The normalized spacial score (nSPS) is 10.4. The number of hydrogen-bond acceptors (Lipinski definition) is 3. The maximum absolute atomic E-state index is 10.7. The van der Waals surface area contributed by atoms with Crippen molar-refractivity contribution in [2.45, 2.75) is 0 Å². The van der Waals surface area contributed by atoms with Gasteiger partial charge in [0.05, 0.1) is 4.88 Å². The second kappa shape index (κ2) is 4.88. The highest BCUT2D eigenvalue weighted by Crippen LogP contribution is 2.30. The minimum atomic E-state index is 0.771. The molecular formula is C15H10OS2. The lowest BCUT2D eigenvalue weighted by atomic mass is 10.1. The van der Waals surface area contributed by atoms with Crippen LogP contribution < -0.4 is 0 Å². The third kappa shape index (κ3) is 2.15. The van der Waals surface area contributed by atoms with Crippen LogP contribution in [0.3, 0.4) is 0 Å². The fourth-order valence-electron chi connectivity index (χ4n) is 1.81. The average Bonchev–Trinajstić information content (AvgIpc) is 3.10. The summed E-state index contributed by atoms with van der Waals surface area (Å²) in [6, 6.07) is 16.5. The second-order valence-corrected chi connectivity index (χ2v) is 5.94. The molecule has 88 valence electrons. The molecule has 2 heterocycles. The molecule has 0 saturated carbocycles. The lowest BCUT2D eigenvalue weighted by molar-refractivity contribution is 0.112. The molecule has 1 nitrogen and oxygen atoms in total. The van der Waals surface area contributed by atoms with Crippen molar-refractivity contribution < 1.29 is 4.79 Å². The molecule has 0 spiro atoms. The Kier molecular flexibility index (Phi) is 3.09. The summed E-state index contributed by atoms with van der Waals surface area (Å²) in [5.41, 5.74) is 2.40. The van der Waals surface area contributed by atoms with Gasteiger partial charge in [-0.25, -0.2) is 0 Å². The zero-order valence-electron chi connectivity index (χ0n) is 9.50. The second-order valence-electron chi connectivity index (χ2n) is 3.87. The Hall–Kier alpha value is -1.71. The zero-order valence-corrected chi connectivity index (χ0v) is 11.1. The Balaban J connectivity index is 1.93. The van der Waals surface area contributed by atoms with Crippen molar-refractivity contribution in [1.29, 1.82) is 0 Å².